The predicted molar refractivity (Wildman–Crippen MR) is 63.5 cm³/mol. The summed E-state index contributed by atoms with van der Waals surface area (Å²) < 4.78 is 0. The molecule has 1 nitrogen and oxygen atoms in total. The number of hydrogen-bond donors (Lipinski definition) is 1. The van der Waals surface area contributed by atoms with Crippen molar-refractivity contribution >= 4 is 23.5 Å². The van der Waals surface area contributed by atoms with Gasteiger partial charge >= 0.3 is 0 Å². The molecule has 0 bridgehead atoms. The van der Waals surface area contributed by atoms with Crippen molar-refractivity contribution in [2.75, 3.05) is 30.9 Å². The molecule has 0 aromatic rings. The van der Waals surface area contributed by atoms with Gasteiger partial charge in [-0.1, -0.05) is 13.8 Å². The van der Waals surface area contributed by atoms with Gasteiger partial charge in [0.2, 0.25) is 0 Å². The average Bonchev–Trinajstić information content (AvgIpc) is 2.10. The van der Waals surface area contributed by atoms with E-state index < -0.39 is 0 Å². The van der Waals surface area contributed by atoms with Gasteiger partial charge in [0.25, 0.3) is 0 Å². The zero-order valence-electron chi connectivity index (χ0n) is 8.43. The van der Waals surface area contributed by atoms with Gasteiger partial charge in [0.05, 0.1) is 0 Å². The number of hydrogen-bond acceptors (Lipinski definition) is 3. The van der Waals surface area contributed by atoms with E-state index in [4.69, 9.17) is 0 Å². The van der Waals surface area contributed by atoms with Crippen molar-refractivity contribution in [3.8, 4) is 0 Å². The van der Waals surface area contributed by atoms with E-state index in [1.807, 2.05) is 23.5 Å². The van der Waals surface area contributed by atoms with E-state index in [1.54, 1.807) is 0 Å². The second kappa shape index (κ2) is 9.75. The van der Waals surface area contributed by atoms with E-state index in [0.717, 1.165) is 5.25 Å². The molecule has 0 radical (unpaired) electrons. The van der Waals surface area contributed by atoms with E-state index in [0.29, 0.717) is 0 Å². The molecule has 0 fully saturated rings. The fraction of sp³-hybridized carbons (Fsp3) is 1.00. The molecule has 1 N–H and O–H groups in total. The van der Waals surface area contributed by atoms with E-state index >= 15 is 0 Å². The van der Waals surface area contributed by atoms with Crippen LogP contribution in [-0.2, 0) is 0 Å². The Labute approximate surface area is 85.5 Å². The van der Waals surface area contributed by atoms with Crippen LogP contribution in [0.1, 0.15) is 20.3 Å². The molecule has 12 heavy (non-hydrogen) atoms. The molecule has 0 aromatic heterocycles. The molecule has 0 aliphatic rings. The Kier molecular flexibility index (Phi) is 10.3. The lowest BCUT2D eigenvalue weighted by Gasteiger charge is -2.08. The first-order chi connectivity index (χ1) is 5.81. The van der Waals surface area contributed by atoms with Crippen LogP contribution in [0.2, 0.25) is 0 Å². The number of nitrogens with one attached hydrogen (secondary N) is 1. The third kappa shape index (κ3) is 8.75. The van der Waals surface area contributed by atoms with Gasteiger partial charge in [-0.25, -0.2) is 0 Å². The van der Waals surface area contributed by atoms with Crippen LogP contribution in [-0.4, -0.2) is 36.1 Å². The second-order valence-corrected chi connectivity index (χ2v) is 5.45. The lowest BCUT2D eigenvalue weighted by Crippen LogP contribution is -2.20. The monoisotopic (exact) mass is 207 g/mol. The Morgan fingerprint density at radius 1 is 1.33 bits per heavy atom. The zero-order valence-corrected chi connectivity index (χ0v) is 10.1. The summed E-state index contributed by atoms with van der Waals surface area (Å²) >= 11 is 3.95. The summed E-state index contributed by atoms with van der Waals surface area (Å²) in [7, 11) is 0. The molecule has 0 heterocycles. The highest BCUT2D eigenvalue weighted by molar-refractivity contribution is 7.99. The van der Waals surface area contributed by atoms with Crippen molar-refractivity contribution in [2.45, 2.75) is 25.5 Å². The molecular weight excluding hydrogens is 186 g/mol. The molecule has 0 amide bonds. The van der Waals surface area contributed by atoms with Crippen LogP contribution in [0.4, 0.5) is 0 Å². The Morgan fingerprint density at radius 2 is 2.08 bits per heavy atom. The standard InChI is InChI=1S/C9H21NS2/c1-4-12-8-7-10-6-5-9(2)11-3/h9-10H,4-8H2,1-3H3. The summed E-state index contributed by atoms with van der Waals surface area (Å²) in [5.74, 6) is 2.49. The molecule has 0 rings (SSSR count). The first-order valence-corrected chi connectivity index (χ1v) is 7.06. The van der Waals surface area contributed by atoms with Gasteiger partial charge in [-0.05, 0) is 25.0 Å². The van der Waals surface area contributed by atoms with Gasteiger partial charge in [0, 0.05) is 17.5 Å². The van der Waals surface area contributed by atoms with Crippen molar-refractivity contribution in [2.24, 2.45) is 0 Å². The minimum atomic E-state index is 0.802. The molecule has 0 aromatic carbocycles. The largest absolute Gasteiger partial charge is 0.316 e. The molecule has 0 saturated carbocycles. The van der Waals surface area contributed by atoms with Crippen LogP contribution in [0.15, 0.2) is 0 Å². The lowest BCUT2D eigenvalue weighted by atomic mass is 10.3. The van der Waals surface area contributed by atoms with Gasteiger partial charge in [0.1, 0.15) is 0 Å². The first kappa shape index (κ1) is 12.7. The number of rotatable bonds is 8. The summed E-state index contributed by atoms with van der Waals surface area (Å²) in [6.07, 6.45) is 3.47. The van der Waals surface area contributed by atoms with Crippen LogP contribution in [0.25, 0.3) is 0 Å². The molecule has 3 heteroatoms. The minimum Gasteiger partial charge on any atom is -0.316 e. The third-order valence-corrected chi connectivity index (χ3v) is 3.70. The summed E-state index contributed by atoms with van der Waals surface area (Å²) in [5.41, 5.74) is 0. The summed E-state index contributed by atoms with van der Waals surface area (Å²) in [4.78, 5) is 0. The molecule has 0 aliphatic heterocycles. The molecule has 74 valence electrons. The molecule has 1 unspecified atom stereocenters. The fourth-order valence-electron chi connectivity index (χ4n) is 0.837. The van der Waals surface area contributed by atoms with Crippen molar-refractivity contribution in [3.05, 3.63) is 0 Å². The predicted octanol–water partition coefficient (Wildman–Crippen LogP) is 2.47. The van der Waals surface area contributed by atoms with Gasteiger partial charge in [-0.2, -0.15) is 23.5 Å². The highest BCUT2D eigenvalue weighted by Crippen LogP contribution is 2.07. The third-order valence-electron chi connectivity index (χ3n) is 1.76. The van der Waals surface area contributed by atoms with Crippen molar-refractivity contribution in [1.29, 1.82) is 0 Å². The smallest absolute Gasteiger partial charge is 0.00579 e. The van der Waals surface area contributed by atoms with Crippen LogP contribution < -0.4 is 5.32 Å². The van der Waals surface area contributed by atoms with E-state index in [1.165, 1.54) is 31.0 Å². The number of thioether (sulfide) groups is 2. The van der Waals surface area contributed by atoms with E-state index in [9.17, 15) is 0 Å². The maximum atomic E-state index is 3.45. The SMILES string of the molecule is CCSCCNCCC(C)SC. The molecule has 1 atom stereocenters. The maximum Gasteiger partial charge on any atom is 0.00579 e. The second-order valence-electron chi connectivity index (χ2n) is 2.78. The minimum absolute atomic E-state index is 0.802. The van der Waals surface area contributed by atoms with Gasteiger partial charge in [-0.3, -0.25) is 0 Å². The molecular formula is C9H21NS2. The van der Waals surface area contributed by atoms with Crippen molar-refractivity contribution < 1.29 is 0 Å². The Bertz CT molecular complexity index is 88.6. The summed E-state index contributed by atoms with van der Waals surface area (Å²) in [6.45, 7) is 6.83. The topological polar surface area (TPSA) is 12.0 Å². The Morgan fingerprint density at radius 3 is 2.67 bits per heavy atom. The van der Waals surface area contributed by atoms with Crippen LogP contribution in [0.3, 0.4) is 0 Å². The maximum absolute atomic E-state index is 3.45. The average molecular weight is 207 g/mol. The van der Waals surface area contributed by atoms with Crippen LogP contribution in [0.5, 0.6) is 0 Å². The highest BCUT2D eigenvalue weighted by atomic mass is 32.2. The molecule has 0 saturated heterocycles. The van der Waals surface area contributed by atoms with Gasteiger partial charge in [-0.15, -0.1) is 0 Å². The van der Waals surface area contributed by atoms with Crippen molar-refractivity contribution in [3.63, 3.8) is 0 Å². The van der Waals surface area contributed by atoms with E-state index in [2.05, 4.69) is 25.4 Å². The van der Waals surface area contributed by atoms with Gasteiger partial charge in [0.15, 0.2) is 0 Å². The Hall–Kier alpha value is 0.660. The first-order valence-electron chi connectivity index (χ1n) is 4.62. The van der Waals surface area contributed by atoms with E-state index in [-0.39, 0.29) is 0 Å². The highest BCUT2D eigenvalue weighted by Gasteiger charge is 1.96. The van der Waals surface area contributed by atoms with Crippen molar-refractivity contribution in [1.82, 2.24) is 5.32 Å². The van der Waals surface area contributed by atoms with Crippen LogP contribution in [0, 0.1) is 0 Å². The molecule has 0 spiro atoms. The lowest BCUT2D eigenvalue weighted by molar-refractivity contribution is 0.674. The molecule has 0 aliphatic carbocycles. The fourth-order valence-corrected chi connectivity index (χ4v) is 1.77. The summed E-state index contributed by atoms with van der Waals surface area (Å²) in [6, 6.07) is 0. The summed E-state index contributed by atoms with van der Waals surface area (Å²) in [5, 5.41) is 4.25. The van der Waals surface area contributed by atoms with Crippen LogP contribution >= 0.6 is 23.5 Å². The quantitative estimate of drug-likeness (QED) is 0.614. The Balaban J connectivity index is 2.90. The van der Waals surface area contributed by atoms with Gasteiger partial charge < -0.3 is 5.32 Å². The normalized spacial score (nSPS) is 13.2. The zero-order chi connectivity index (χ0) is 9.23.